The van der Waals surface area contributed by atoms with Crippen LogP contribution in [0.2, 0.25) is 0 Å². The molecule has 0 aromatic heterocycles. The number of carboxylic acid groups (broad SMARTS) is 1. The number of rotatable bonds is 4. The molecule has 1 amide bonds. The van der Waals surface area contributed by atoms with E-state index in [1.54, 1.807) is 13.0 Å². The van der Waals surface area contributed by atoms with E-state index in [9.17, 15) is 9.59 Å². The Morgan fingerprint density at radius 1 is 1.33 bits per heavy atom. The molecule has 1 unspecified atom stereocenters. The molecule has 112 valence electrons. The summed E-state index contributed by atoms with van der Waals surface area (Å²) in [5, 5.41) is 12.0. The highest BCUT2D eigenvalue weighted by Gasteiger charge is 2.26. The Labute approximate surface area is 124 Å². The summed E-state index contributed by atoms with van der Waals surface area (Å²) >= 11 is 0. The van der Waals surface area contributed by atoms with Gasteiger partial charge in [0.2, 0.25) is 5.91 Å². The van der Waals surface area contributed by atoms with Gasteiger partial charge in [-0.25, -0.2) is 4.79 Å². The molecule has 0 saturated heterocycles. The van der Waals surface area contributed by atoms with Gasteiger partial charge in [0.05, 0.1) is 6.04 Å². The summed E-state index contributed by atoms with van der Waals surface area (Å²) in [5.41, 5.74) is 2.15. The fourth-order valence-electron chi connectivity index (χ4n) is 2.37. The zero-order chi connectivity index (χ0) is 15.4. The van der Waals surface area contributed by atoms with Crippen molar-refractivity contribution in [2.24, 2.45) is 0 Å². The second kappa shape index (κ2) is 6.54. The van der Waals surface area contributed by atoms with E-state index >= 15 is 0 Å². The normalized spacial score (nSPS) is 17.0. The van der Waals surface area contributed by atoms with Crippen molar-refractivity contribution in [2.75, 3.05) is 18.4 Å². The quantitative estimate of drug-likeness (QED) is 0.889. The fraction of sp³-hybridized carbons (Fsp3) is 0.375. The third-order valence-corrected chi connectivity index (χ3v) is 3.79. The summed E-state index contributed by atoms with van der Waals surface area (Å²) in [7, 11) is 0. The second-order valence-corrected chi connectivity index (χ2v) is 5.27. The van der Waals surface area contributed by atoms with Crippen LogP contribution in [0.25, 0.3) is 0 Å². The standard InChI is InChI=1S/C16H20N2O3/c1-11-6-3-4-8-14(11)17-15(19)12(2)18-9-5-7-13(10-18)16(20)21/h3-4,6-8,12H,5,9-10H2,1-2H3,(H,17,19)(H,20,21). The average molecular weight is 288 g/mol. The molecule has 1 aliphatic heterocycles. The molecule has 21 heavy (non-hydrogen) atoms. The number of para-hydroxylation sites is 1. The first-order valence-corrected chi connectivity index (χ1v) is 7.02. The first-order valence-electron chi connectivity index (χ1n) is 7.02. The van der Waals surface area contributed by atoms with Gasteiger partial charge in [0.15, 0.2) is 0 Å². The zero-order valence-corrected chi connectivity index (χ0v) is 12.3. The van der Waals surface area contributed by atoms with E-state index in [2.05, 4.69) is 5.32 Å². The second-order valence-electron chi connectivity index (χ2n) is 5.27. The van der Waals surface area contributed by atoms with Gasteiger partial charge in [0, 0.05) is 24.4 Å². The number of carbonyl (C=O) groups is 2. The summed E-state index contributed by atoms with van der Waals surface area (Å²) in [5.74, 6) is -1.03. The van der Waals surface area contributed by atoms with Crippen LogP contribution in [0.4, 0.5) is 5.69 Å². The van der Waals surface area contributed by atoms with E-state index in [0.717, 1.165) is 11.3 Å². The summed E-state index contributed by atoms with van der Waals surface area (Å²) in [6.07, 6.45) is 2.38. The Bertz CT molecular complexity index is 581. The van der Waals surface area contributed by atoms with Crippen molar-refractivity contribution < 1.29 is 14.7 Å². The van der Waals surface area contributed by atoms with Crippen molar-refractivity contribution in [1.29, 1.82) is 0 Å². The lowest BCUT2D eigenvalue weighted by Crippen LogP contribution is -2.45. The van der Waals surface area contributed by atoms with Crippen LogP contribution >= 0.6 is 0 Å². The third-order valence-electron chi connectivity index (χ3n) is 3.79. The lowest BCUT2D eigenvalue weighted by atomic mass is 10.1. The summed E-state index contributed by atoms with van der Waals surface area (Å²) in [6.45, 7) is 4.74. The van der Waals surface area contributed by atoms with E-state index in [1.165, 1.54) is 0 Å². The zero-order valence-electron chi connectivity index (χ0n) is 12.3. The smallest absolute Gasteiger partial charge is 0.332 e. The molecule has 2 N–H and O–H groups in total. The number of aliphatic carboxylic acids is 1. The molecule has 0 bridgehead atoms. The Kier molecular flexibility index (Phi) is 4.75. The van der Waals surface area contributed by atoms with Crippen molar-refractivity contribution in [2.45, 2.75) is 26.3 Å². The first kappa shape index (κ1) is 15.3. The predicted octanol–water partition coefficient (Wildman–Crippen LogP) is 2.04. The van der Waals surface area contributed by atoms with Crippen molar-refractivity contribution in [3.63, 3.8) is 0 Å². The van der Waals surface area contributed by atoms with Crippen molar-refractivity contribution >= 4 is 17.6 Å². The number of nitrogens with one attached hydrogen (secondary N) is 1. The molecule has 0 aliphatic carbocycles. The van der Waals surface area contributed by atoms with Gasteiger partial charge in [-0.15, -0.1) is 0 Å². The van der Waals surface area contributed by atoms with E-state index in [-0.39, 0.29) is 11.9 Å². The SMILES string of the molecule is Cc1ccccc1NC(=O)C(C)N1CCC=C(C(=O)O)C1. The van der Waals surface area contributed by atoms with Gasteiger partial charge in [-0.1, -0.05) is 24.3 Å². The molecule has 2 rings (SSSR count). The molecule has 1 aromatic carbocycles. The number of carbonyl (C=O) groups excluding carboxylic acids is 1. The molecular formula is C16H20N2O3. The topological polar surface area (TPSA) is 69.6 Å². The largest absolute Gasteiger partial charge is 0.478 e. The van der Waals surface area contributed by atoms with E-state index in [4.69, 9.17) is 5.11 Å². The van der Waals surface area contributed by atoms with E-state index in [1.807, 2.05) is 36.1 Å². The number of aryl methyl sites for hydroxylation is 1. The molecule has 5 nitrogen and oxygen atoms in total. The predicted molar refractivity (Wildman–Crippen MR) is 81.2 cm³/mol. The molecule has 5 heteroatoms. The third kappa shape index (κ3) is 3.70. The molecular weight excluding hydrogens is 268 g/mol. The maximum absolute atomic E-state index is 12.3. The molecule has 0 spiro atoms. The number of carboxylic acids is 1. The van der Waals surface area contributed by atoms with E-state index < -0.39 is 5.97 Å². The molecule has 0 fully saturated rings. The fourth-order valence-corrected chi connectivity index (χ4v) is 2.37. The Morgan fingerprint density at radius 2 is 2.05 bits per heavy atom. The van der Waals surface area contributed by atoms with Gasteiger partial charge in [0.25, 0.3) is 0 Å². The number of hydrogen-bond donors (Lipinski definition) is 2. The minimum absolute atomic E-state index is 0.115. The summed E-state index contributed by atoms with van der Waals surface area (Å²) in [4.78, 5) is 25.2. The molecule has 1 aromatic rings. The number of hydrogen-bond acceptors (Lipinski definition) is 3. The van der Waals surface area contributed by atoms with Gasteiger partial charge >= 0.3 is 5.97 Å². The number of benzene rings is 1. The minimum Gasteiger partial charge on any atom is -0.478 e. The number of anilines is 1. The maximum atomic E-state index is 12.3. The Morgan fingerprint density at radius 3 is 2.71 bits per heavy atom. The highest BCUT2D eigenvalue weighted by atomic mass is 16.4. The van der Waals surface area contributed by atoms with Crippen molar-refractivity contribution in [3.05, 3.63) is 41.5 Å². The lowest BCUT2D eigenvalue weighted by Gasteiger charge is -2.30. The van der Waals surface area contributed by atoms with Crippen LogP contribution in [0.3, 0.4) is 0 Å². The van der Waals surface area contributed by atoms with Crippen LogP contribution in [0, 0.1) is 6.92 Å². The molecule has 0 saturated carbocycles. The monoisotopic (exact) mass is 288 g/mol. The van der Waals surface area contributed by atoms with Crippen molar-refractivity contribution in [3.8, 4) is 0 Å². The van der Waals surface area contributed by atoms with Crippen LogP contribution in [0.15, 0.2) is 35.9 Å². The number of amides is 1. The highest BCUT2D eigenvalue weighted by Crippen LogP contribution is 2.17. The highest BCUT2D eigenvalue weighted by molar-refractivity contribution is 5.95. The summed E-state index contributed by atoms with van der Waals surface area (Å²) < 4.78 is 0. The number of nitrogens with zero attached hydrogens (tertiary/aromatic N) is 1. The maximum Gasteiger partial charge on any atom is 0.332 e. The average Bonchev–Trinajstić information content (AvgIpc) is 2.49. The van der Waals surface area contributed by atoms with Crippen LogP contribution in [0.5, 0.6) is 0 Å². The molecule has 1 atom stereocenters. The van der Waals surface area contributed by atoms with Crippen molar-refractivity contribution in [1.82, 2.24) is 4.90 Å². The minimum atomic E-state index is -0.911. The van der Waals surface area contributed by atoms with Gasteiger partial charge < -0.3 is 10.4 Å². The van der Waals surface area contributed by atoms with Crippen LogP contribution < -0.4 is 5.32 Å². The summed E-state index contributed by atoms with van der Waals surface area (Å²) in [6, 6.07) is 7.22. The first-order chi connectivity index (χ1) is 9.99. The molecule has 1 heterocycles. The van der Waals surface area contributed by atoms with Gasteiger partial charge in [-0.05, 0) is 31.9 Å². The van der Waals surface area contributed by atoms with Gasteiger partial charge in [0.1, 0.15) is 0 Å². The van der Waals surface area contributed by atoms with Gasteiger partial charge in [-0.2, -0.15) is 0 Å². The van der Waals surface area contributed by atoms with E-state index in [0.29, 0.717) is 25.1 Å². The lowest BCUT2D eigenvalue weighted by molar-refractivity contribution is -0.133. The van der Waals surface area contributed by atoms with Crippen LogP contribution in [-0.2, 0) is 9.59 Å². The molecule has 1 aliphatic rings. The van der Waals surface area contributed by atoms with Crippen LogP contribution in [-0.4, -0.2) is 41.0 Å². The Hall–Kier alpha value is -2.14. The Balaban J connectivity index is 2.02. The van der Waals surface area contributed by atoms with Crippen LogP contribution in [0.1, 0.15) is 18.9 Å². The van der Waals surface area contributed by atoms with Gasteiger partial charge in [-0.3, -0.25) is 9.69 Å². The molecule has 0 radical (unpaired) electrons.